The van der Waals surface area contributed by atoms with Crippen molar-refractivity contribution in [2.24, 2.45) is 0 Å². The molecule has 2 atom stereocenters. The van der Waals surface area contributed by atoms with Gasteiger partial charge in [-0.3, -0.25) is 4.90 Å². The number of rotatable bonds is 10. The largest absolute Gasteiger partial charge is 0.290 e. The van der Waals surface area contributed by atoms with Crippen LogP contribution in [0.4, 0.5) is 0 Å². The van der Waals surface area contributed by atoms with Crippen LogP contribution in [0.15, 0.2) is 102 Å². The highest BCUT2D eigenvalue weighted by atomic mass is 32.2. The summed E-state index contributed by atoms with van der Waals surface area (Å²) in [6, 6.07) is 26.7. The molecule has 0 aliphatic rings. The lowest BCUT2D eigenvalue weighted by atomic mass is 10.1. The van der Waals surface area contributed by atoms with Gasteiger partial charge in [0.15, 0.2) is 0 Å². The van der Waals surface area contributed by atoms with Crippen LogP contribution >= 0.6 is 0 Å². The Balaban J connectivity index is 1.83. The van der Waals surface area contributed by atoms with Crippen molar-refractivity contribution in [3.8, 4) is 0 Å². The van der Waals surface area contributed by atoms with Crippen molar-refractivity contribution in [2.75, 3.05) is 0 Å². The zero-order valence-electron chi connectivity index (χ0n) is 18.1. The Kier molecular flexibility index (Phi) is 7.80. The van der Waals surface area contributed by atoms with E-state index in [0.29, 0.717) is 13.1 Å². The first-order valence-electron chi connectivity index (χ1n) is 10.4. The molecule has 3 aromatic carbocycles. The molecule has 0 unspecified atom stereocenters. The summed E-state index contributed by atoms with van der Waals surface area (Å²) in [7, 11) is -3.66. The number of nitrogens with zero attached hydrogens (tertiary/aromatic N) is 1. The second-order valence-electron chi connectivity index (χ2n) is 7.81. The number of hydrogen-bond donors (Lipinski definition) is 1. The first kappa shape index (κ1) is 22.9. The summed E-state index contributed by atoms with van der Waals surface area (Å²) >= 11 is 0. The Labute approximate surface area is 186 Å². The van der Waals surface area contributed by atoms with Crippen molar-refractivity contribution < 1.29 is 8.42 Å². The van der Waals surface area contributed by atoms with Crippen molar-refractivity contribution >= 4 is 10.0 Å². The van der Waals surface area contributed by atoms with Gasteiger partial charge in [0.25, 0.3) is 0 Å². The number of hydrogen-bond acceptors (Lipinski definition) is 3. The molecule has 0 aliphatic heterocycles. The lowest BCUT2D eigenvalue weighted by Crippen LogP contribution is -2.48. The second-order valence-corrected chi connectivity index (χ2v) is 9.53. The maximum Gasteiger partial charge on any atom is 0.241 e. The smallest absolute Gasteiger partial charge is 0.241 e. The summed E-state index contributed by atoms with van der Waals surface area (Å²) < 4.78 is 28.8. The van der Waals surface area contributed by atoms with Crippen LogP contribution in [0, 0.1) is 6.92 Å². The molecule has 0 spiro atoms. The minimum atomic E-state index is -3.66. The summed E-state index contributed by atoms with van der Waals surface area (Å²) in [4.78, 5) is 2.53. The summed E-state index contributed by atoms with van der Waals surface area (Å²) in [5.41, 5.74) is 3.37. The quantitative estimate of drug-likeness (QED) is 0.461. The Hall–Kier alpha value is -2.73. The van der Waals surface area contributed by atoms with Gasteiger partial charge in [-0.15, -0.1) is 6.58 Å². The lowest BCUT2D eigenvalue weighted by molar-refractivity contribution is 0.174. The van der Waals surface area contributed by atoms with Crippen LogP contribution in [-0.2, 0) is 23.1 Å². The van der Waals surface area contributed by atoms with E-state index in [2.05, 4.69) is 40.5 Å². The number of benzene rings is 3. The summed E-state index contributed by atoms with van der Waals surface area (Å²) in [6.07, 6.45) is 1.68. The Morgan fingerprint density at radius 3 is 1.81 bits per heavy atom. The average molecular weight is 435 g/mol. The molecule has 31 heavy (non-hydrogen) atoms. The van der Waals surface area contributed by atoms with E-state index in [4.69, 9.17) is 0 Å². The Bertz CT molecular complexity index is 1020. The van der Waals surface area contributed by atoms with Crippen molar-refractivity contribution in [3.63, 3.8) is 0 Å². The number of aryl methyl sites for hydroxylation is 1. The Morgan fingerprint density at radius 2 is 1.35 bits per heavy atom. The van der Waals surface area contributed by atoms with Gasteiger partial charge in [0, 0.05) is 19.1 Å². The molecule has 3 rings (SSSR count). The van der Waals surface area contributed by atoms with Crippen LogP contribution in [0.3, 0.4) is 0 Å². The summed E-state index contributed by atoms with van der Waals surface area (Å²) in [5, 5.41) is 0. The minimum absolute atomic E-state index is 0.113. The molecule has 4 nitrogen and oxygen atoms in total. The van der Waals surface area contributed by atoms with Crippen LogP contribution in [0.5, 0.6) is 0 Å². The fourth-order valence-electron chi connectivity index (χ4n) is 3.52. The molecule has 0 heterocycles. The normalized spacial score (nSPS) is 13.6. The molecule has 0 aliphatic carbocycles. The molecular formula is C26H30N2O2S. The first-order valence-corrected chi connectivity index (χ1v) is 11.9. The number of sulfonamides is 1. The van der Waals surface area contributed by atoms with Gasteiger partial charge in [0.1, 0.15) is 0 Å². The van der Waals surface area contributed by atoms with Crippen molar-refractivity contribution in [2.45, 2.75) is 43.9 Å². The molecule has 0 radical (unpaired) electrons. The third-order valence-corrected chi connectivity index (χ3v) is 6.90. The summed E-state index contributed by atoms with van der Waals surface area (Å²) in [6.45, 7) is 9.29. The van der Waals surface area contributed by atoms with Gasteiger partial charge in [-0.1, -0.05) is 84.4 Å². The van der Waals surface area contributed by atoms with Gasteiger partial charge >= 0.3 is 0 Å². The van der Waals surface area contributed by atoms with Crippen molar-refractivity contribution in [1.82, 2.24) is 9.62 Å². The van der Waals surface area contributed by atoms with E-state index >= 15 is 0 Å². The molecule has 3 aromatic rings. The van der Waals surface area contributed by atoms with Crippen LogP contribution in [0.25, 0.3) is 0 Å². The molecule has 1 N–H and O–H groups in total. The monoisotopic (exact) mass is 434 g/mol. The van der Waals surface area contributed by atoms with E-state index in [1.54, 1.807) is 30.3 Å². The van der Waals surface area contributed by atoms with Gasteiger partial charge in [0.2, 0.25) is 10.0 Å². The maximum absolute atomic E-state index is 13.0. The third kappa shape index (κ3) is 6.37. The van der Waals surface area contributed by atoms with Crippen LogP contribution in [0.2, 0.25) is 0 Å². The first-order chi connectivity index (χ1) is 14.9. The highest BCUT2D eigenvalue weighted by molar-refractivity contribution is 7.89. The molecular weight excluding hydrogens is 404 g/mol. The van der Waals surface area contributed by atoms with E-state index in [0.717, 1.165) is 5.56 Å². The zero-order valence-corrected chi connectivity index (χ0v) is 18.9. The lowest BCUT2D eigenvalue weighted by Gasteiger charge is -2.34. The van der Waals surface area contributed by atoms with Crippen LogP contribution in [0.1, 0.15) is 23.6 Å². The number of nitrogens with one attached hydrogen (secondary N) is 1. The summed E-state index contributed by atoms with van der Waals surface area (Å²) in [5.74, 6) is 0. The maximum atomic E-state index is 13.0. The highest BCUT2D eigenvalue weighted by Gasteiger charge is 2.26. The minimum Gasteiger partial charge on any atom is -0.290 e. The molecule has 162 valence electrons. The predicted molar refractivity (Wildman–Crippen MR) is 127 cm³/mol. The van der Waals surface area contributed by atoms with Crippen molar-refractivity contribution in [1.29, 1.82) is 0 Å². The Morgan fingerprint density at radius 1 is 0.871 bits per heavy atom. The molecule has 0 aromatic heterocycles. The van der Waals surface area contributed by atoms with Gasteiger partial charge in [-0.2, -0.15) is 0 Å². The molecule has 0 saturated carbocycles. The van der Waals surface area contributed by atoms with E-state index in [1.165, 1.54) is 11.1 Å². The molecule has 0 bridgehead atoms. The fourth-order valence-corrected chi connectivity index (χ4v) is 4.80. The van der Waals surface area contributed by atoms with Crippen LogP contribution < -0.4 is 4.72 Å². The van der Waals surface area contributed by atoms with E-state index in [9.17, 15) is 8.42 Å². The van der Waals surface area contributed by atoms with Gasteiger partial charge in [-0.05, 0) is 37.1 Å². The van der Waals surface area contributed by atoms with Crippen LogP contribution in [-0.4, -0.2) is 25.4 Å². The molecule has 5 heteroatoms. The van der Waals surface area contributed by atoms with Gasteiger partial charge in [-0.25, -0.2) is 13.1 Å². The molecule has 0 saturated heterocycles. The predicted octanol–water partition coefficient (Wildman–Crippen LogP) is 4.92. The fraction of sp³-hybridized carbons (Fsp3) is 0.231. The topological polar surface area (TPSA) is 49.4 Å². The van der Waals surface area contributed by atoms with Gasteiger partial charge < -0.3 is 0 Å². The third-order valence-electron chi connectivity index (χ3n) is 5.43. The van der Waals surface area contributed by atoms with E-state index in [1.807, 2.05) is 50.2 Å². The molecule has 0 amide bonds. The average Bonchev–Trinajstić information content (AvgIpc) is 2.78. The van der Waals surface area contributed by atoms with E-state index < -0.39 is 16.1 Å². The van der Waals surface area contributed by atoms with Gasteiger partial charge in [0.05, 0.1) is 10.9 Å². The highest BCUT2D eigenvalue weighted by Crippen LogP contribution is 2.18. The SMILES string of the molecule is C=C[C@@H](NS(=O)(=O)c1ccc(C)cc1)[C@H](C)N(Cc1ccccc1)Cc1ccccc1. The standard InChI is InChI=1S/C26H30N2O2S/c1-4-26(27-31(29,30)25-17-15-21(2)16-18-25)22(3)28(19-23-11-7-5-8-12-23)20-24-13-9-6-10-14-24/h4-18,22,26-27H,1,19-20H2,2-3H3/t22-,26+/m0/s1. The molecule has 0 fully saturated rings. The zero-order chi connectivity index (χ0) is 22.3. The van der Waals surface area contributed by atoms with Crippen molar-refractivity contribution in [3.05, 3.63) is 114 Å². The second kappa shape index (κ2) is 10.5. The van der Waals surface area contributed by atoms with E-state index in [-0.39, 0.29) is 10.9 Å².